The average molecular weight is 266 g/mol. The molecule has 106 valence electrons. The third kappa shape index (κ3) is 2.26. The monoisotopic (exact) mass is 266 g/mol. The fourth-order valence-electron chi connectivity index (χ4n) is 2.32. The normalized spacial score (nSPS) is 53.7. The summed E-state index contributed by atoms with van der Waals surface area (Å²) in [5.41, 5.74) is 0. The molecule has 0 spiro atoms. The Bertz CT molecular complexity index is 287. The van der Waals surface area contributed by atoms with Gasteiger partial charge in [-0.15, -0.1) is 0 Å². The van der Waals surface area contributed by atoms with Crippen molar-refractivity contribution in [3.05, 3.63) is 0 Å². The summed E-state index contributed by atoms with van der Waals surface area (Å²) in [5, 5.41) is 56.9. The molecule has 0 aromatic rings. The van der Waals surface area contributed by atoms with Crippen molar-refractivity contribution < 1.29 is 40.1 Å². The molecule has 8 nitrogen and oxygen atoms in total. The van der Waals surface area contributed by atoms with E-state index in [4.69, 9.17) is 14.6 Å². The number of hydrogen-bond donors (Lipinski definition) is 6. The van der Waals surface area contributed by atoms with Gasteiger partial charge in [-0.25, -0.2) is 0 Å². The first-order valence-electron chi connectivity index (χ1n) is 5.75. The molecule has 2 aliphatic rings. The minimum atomic E-state index is -1.45. The Labute approximate surface area is 103 Å². The second-order valence-electron chi connectivity index (χ2n) is 4.65. The highest BCUT2D eigenvalue weighted by Gasteiger charge is 2.51. The molecule has 0 aliphatic carbocycles. The lowest BCUT2D eigenvalue weighted by atomic mass is 9.93. The fourth-order valence-corrected chi connectivity index (χ4v) is 2.32. The van der Waals surface area contributed by atoms with Crippen LogP contribution in [0, 0.1) is 0 Å². The molecule has 2 aliphatic heterocycles. The Morgan fingerprint density at radius 3 is 2.00 bits per heavy atom. The van der Waals surface area contributed by atoms with E-state index in [0.717, 1.165) is 0 Å². The lowest BCUT2D eigenvalue weighted by molar-refractivity contribution is -0.223. The second kappa shape index (κ2) is 5.35. The van der Waals surface area contributed by atoms with Gasteiger partial charge in [0.15, 0.2) is 0 Å². The summed E-state index contributed by atoms with van der Waals surface area (Å²) < 4.78 is 10.3. The van der Waals surface area contributed by atoms with E-state index in [0.29, 0.717) is 0 Å². The summed E-state index contributed by atoms with van der Waals surface area (Å²) in [6, 6.07) is 0. The zero-order valence-electron chi connectivity index (χ0n) is 9.53. The Kier molecular flexibility index (Phi) is 4.19. The van der Waals surface area contributed by atoms with Crippen molar-refractivity contribution >= 4 is 0 Å². The predicted molar refractivity (Wildman–Crippen MR) is 55.5 cm³/mol. The van der Waals surface area contributed by atoms with Gasteiger partial charge in [-0.05, 0) is 0 Å². The molecule has 2 rings (SSSR count). The van der Waals surface area contributed by atoms with Gasteiger partial charge in [-0.3, -0.25) is 0 Å². The number of hydrogen-bond acceptors (Lipinski definition) is 8. The number of ether oxygens (including phenoxy) is 2. The number of aliphatic hydroxyl groups is 6. The first-order chi connectivity index (χ1) is 8.47. The smallest absolute Gasteiger partial charge is 0.115 e. The molecule has 0 aromatic carbocycles. The van der Waals surface area contributed by atoms with Crippen molar-refractivity contribution in [2.45, 2.75) is 48.8 Å². The first-order valence-corrected chi connectivity index (χ1v) is 5.75. The van der Waals surface area contributed by atoms with Crippen LogP contribution in [0.2, 0.25) is 0 Å². The molecule has 2 fully saturated rings. The molecule has 18 heavy (non-hydrogen) atoms. The van der Waals surface area contributed by atoms with Crippen LogP contribution in [-0.4, -0.2) is 92.7 Å². The number of aliphatic hydroxyl groups excluding tert-OH is 6. The van der Waals surface area contributed by atoms with Gasteiger partial charge < -0.3 is 40.1 Å². The molecule has 0 bridgehead atoms. The number of rotatable bonds is 2. The van der Waals surface area contributed by atoms with Gasteiger partial charge in [0.25, 0.3) is 0 Å². The zero-order valence-corrected chi connectivity index (χ0v) is 9.53. The Hall–Kier alpha value is -0.320. The minimum absolute atomic E-state index is 0.213. The van der Waals surface area contributed by atoms with E-state index < -0.39 is 55.4 Å². The predicted octanol–water partition coefficient (Wildman–Crippen LogP) is -4.05. The second-order valence-corrected chi connectivity index (χ2v) is 4.65. The topological polar surface area (TPSA) is 140 Å². The van der Waals surface area contributed by atoms with Crippen LogP contribution in [0.3, 0.4) is 0 Å². The highest BCUT2D eigenvalue weighted by atomic mass is 16.6. The van der Waals surface area contributed by atoms with Gasteiger partial charge in [-0.1, -0.05) is 0 Å². The Balaban J connectivity index is 2.08. The first kappa shape index (κ1) is 14.1. The largest absolute Gasteiger partial charge is 0.394 e. The van der Waals surface area contributed by atoms with Gasteiger partial charge in [-0.2, -0.15) is 0 Å². The molecular weight excluding hydrogens is 248 g/mol. The average Bonchev–Trinajstić information content (AvgIpc) is 2.64. The van der Waals surface area contributed by atoms with Crippen molar-refractivity contribution in [2.24, 2.45) is 0 Å². The van der Waals surface area contributed by atoms with E-state index in [1.165, 1.54) is 0 Å². The SMILES string of the molecule is OC[C@H]1O[C@@H]([C@H]2OC[C@H](O)[C@@H](O)[C@H]2O)[C@H](O)[C@@H]1O. The molecule has 0 aromatic heterocycles. The van der Waals surface area contributed by atoms with Crippen LogP contribution >= 0.6 is 0 Å². The van der Waals surface area contributed by atoms with Gasteiger partial charge in [0.05, 0.1) is 13.2 Å². The lowest BCUT2D eigenvalue weighted by Crippen LogP contribution is -2.58. The van der Waals surface area contributed by atoms with Gasteiger partial charge in [0.2, 0.25) is 0 Å². The molecule has 2 saturated heterocycles. The van der Waals surface area contributed by atoms with Crippen LogP contribution in [0.1, 0.15) is 0 Å². The molecule has 8 atom stereocenters. The van der Waals surface area contributed by atoms with Gasteiger partial charge in [0, 0.05) is 0 Å². The van der Waals surface area contributed by atoms with E-state index in [1.54, 1.807) is 0 Å². The molecule has 0 radical (unpaired) electrons. The van der Waals surface area contributed by atoms with E-state index in [-0.39, 0.29) is 6.61 Å². The van der Waals surface area contributed by atoms with Crippen LogP contribution in [-0.2, 0) is 9.47 Å². The summed E-state index contributed by atoms with van der Waals surface area (Å²) in [5.74, 6) is 0. The summed E-state index contributed by atoms with van der Waals surface area (Å²) in [6.45, 7) is -0.696. The van der Waals surface area contributed by atoms with E-state index in [9.17, 15) is 25.5 Å². The van der Waals surface area contributed by atoms with Crippen LogP contribution in [0.5, 0.6) is 0 Å². The van der Waals surface area contributed by atoms with Crippen LogP contribution in [0.4, 0.5) is 0 Å². The highest BCUT2D eigenvalue weighted by Crippen LogP contribution is 2.29. The van der Waals surface area contributed by atoms with Crippen LogP contribution in [0.15, 0.2) is 0 Å². The Morgan fingerprint density at radius 2 is 1.44 bits per heavy atom. The third-order valence-corrected chi connectivity index (χ3v) is 3.44. The quantitative estimate of drug-likeness (QED) is 0.297. The zero-order chi connectivity index (χ0) is 13.4. The third-order valence-electron chi connectivity index (χ3n) is 3.44. The van der Waals surface area contributed by atoms with Crippen molar-refractivity contribution in [3.8, 4) is 0 Å². The van der Waals surface area contributed by atoms with Crippen molar-refractivity contribution in [1.29, 1.82) is 0 Å². The minimum Gasteiger partial charge on any atom is -0.394 e. The molecule has 0 amide bonds. The maximum Gasteiger partial charge on any atom is 0.115 e. The van der Waals surface area contributed by atoms with E-state index >= 15 is 0 Å². The fraction of sp³-hybridized carbons (Fsp3) is 1.00. The lowest BCUT2D eigenvalue weighted by Gasteiger charge is -2.38. The van der Waals surface area contributed by atoms with Gasteiger partial charge in [0.1, 0.15) is 48.8 Å². The molecule has 2 heterocycles. The summed E-state index contributed by atoms with van der Waals surface area (Å²) in [7, 11) is 0. The maximum absolute atomic E-state index is 9.76. The van der Waals surface area contributed by atoms with E-state index in [1.807, 2.05) is 0 Å². The highest BCUT2D eigenvalue weighted by molar-refractivity contribution is 5.00. The molecule has 0 unspecified atom stereocenters. The van der Waals surface area contributed by atoms with Crippen molar-refractivity contribution in [3.63, 3.8) is 0 Å². The van der Waals surface area contributed by atoms with Crippen molar-refractivity contribution in [1.82, 2.24) is 0 Å². The molecular formula is C10H18O8. The standard InChI is InChI=1S/C10H18O8/c11-1-4-6(14)8(16)10(18-4)9-7(15)5(13)3(12)2-17-9/h3-16H,1-2H2/t3-,4+,5+,6+,7+,8+,9-,10+/m0/s1. The van der Waals surface area contributed by atoms with Gasteiger partial charge >= 0.3 is 0 Å². The van der Waals surface area contributed by atoms with E-state index in [2.05, 4.69) is 0 Å². The summed E-state index contributed by atoms with van der Waals surface area (Å²) >= 11 is 0. The molecule has 8 heteroatoms. The van der Waals surface area contributed by atoms with Crippen LogP contribution in [0.25, 0.3) is 0 Å². The van der Waals surface area contributed by atoms with Crippen LogP contribution < -0.4 is 0 Å². The Morgan fingerprint density at radius 1 is 0.833 bits per heavy atom. The summed E-state index contributed by atoms with van der Waals surface area (Å²) in [4.78, 5) is 0. The summed E-state index contributed by atoms with van der Waals surface area (Å²) in [6.07, 6.45) is -9.83. The maximum atomic E-state index is 9.76. The van der Waals surface area contributed by atoms with Crippen molar-refractivity contribution in [2.75, 3.05) is 13.2 Å². The molecule has 6 N–H and O–H groups in total. The molecule has 0 saturated carbocycles.